The quantitative estimate of drug-likeness (QED) is 0.0204. The molecular weight excluding hydrogens is 1180 g/mol. The second-order valence-electron chi connectivity index (χ2n) is 28.2. The Bertz CT molecular complexity index is 1760. The van der Waals surface area contributed by atoms with Crippen LogP contribution in [0, 0.1) is 0 Å². The minimum Gasteiger partial charge on any atom is -0.394 e. The normalized spacial score (nSPS) is 22.7. The summed E-state index contributed by atoms with van der Waals surface area (Å²) in [7, 11) is 0. The number of aliphatic hydroxyl groups excluding tert-OH is 8. The Morgan fingerprint density at radius 2 is 0.713 bits per heavy atom. The molecule has 0 spiro atoms. The molecular formula is C80H149NO13. The number of unbranched alkanes of at least 4 members (excludes halogenated alkanes) is 48. The summed E-state index contributed by atoms with van der Waals surface area (Å²) in [6, 6.07) is -0.934. The van der Waals surface area contributed by atoms with E-state index in [0.717, 1.165) is 38.5 Å². The van der Waals surface area contributed by atoms with Crippen molar-refractivity contribution in [2.75, 3.05) is 19.8 Å². The van der Waals surface area contributed by atoms with Crippen LogP contribution in [-0.2, 0) is 23.7 Å². The highest BCUT2D eigenvalue weighted by Gasteiger charge is 2.51. The summed E-state index contributed by atoms with van der Waals surface area (Å²) in [6.07, 6.45) is 69.1. The first-order valence-corrected chi connectivity index (χ1v) is 39.9. The maximum atomic E-state index is 13.4. The van der Waals surface area contributed by atoms with Crippen LogP contribution < -0.4 is 5.32 Å². The molecule has 9 N–H and O–H groups in total. The van der Waals surface area contributed by atoms with Crippen molar-refractivity contribution in [2.45, 2.75) is 434 Å². The number of amides is 1. The first-order chi connectivity index (χ1) is 46.1. The Hall–Kier alpha value is -2.05. The standard InChI is InChI=1S/C80H149NO13/c1-3-5-7-9-11-13-15-17-19-21-23-25-27-29-31-32-33-34-35-36-38-39-41-43-45-47-49-51-53-55-57-59-61-63-69(84)68(67-91-79-77(90)75(88)78(71(66-83)93-79)94-80-76(89)74(87)73(86)70(65-82)92-80)81-72(85)64-62-60-58-56-54-52-50-48-46-44-42-40-37-30-28-26-24-22-20-18-16-14-12-10-8-6-4-2/h16,18,22,24,53,55,61,63,68-71,73-80,82-84,86-90H,3-15,17,19-21,23,25-52,54,56-60,62,64-67H2,1-2H3,(H,81,85)/b18-16-,24-22-,55-53+,63-61+. The van der Waals surface area contributed by atoms with Gasteiger partial charge >= 0.3 is 0 Å². The van der Waals surface area contributed by atoms with E-state index >= 15 is 0 Å². The fourth-order valence-electron chi connectivity index (χ4n) is 13.2. The van der Waals surface area contributed by atoms with Gasteiger partial charge in [-0.25, -0.2) is 0 Å². The third-order valence-electron chi connectivity index (χ3n) is 19.5. The van der Waals surface area contributed by atoms with Crippen molar-refractivity contribution in [1.29, 1.82) is 0 Å². The van der Waals surface area contributed by atoms with Crippen molar-refractivity contribution < 1.29 is 64.6 Å². The zero-order chi connectivity index (χ0) is 68.0. The minimum absolute atomic E-state index is 0.244. The third-order valence-corrected chi connectivity index (χ3v) is 19.5. The van der Waals surface area contributed by atoms with Gasteiger partial charge in [0.05, 0.1) is 32.0 Å². The maximum absolute atomic E-state index is 13.4. The van der Waals surface area contributed by atoms with Gasteiger partial charge in [0.1, 0.15) is 48.8 Å². The fourth-order valence-corrected chi connectivity index (χ4v) is 13.2. The largest absolute Gasteiger partial charge is 0.394 e. The smallest absolute Gasteiger partial charge is 0.220 e. The van der Waals surface area contributed by atoms with E-state index in [9.17, 15) is 45.6 Å². The number of hydrogen-bond acceptors (Lipinski definition) is 13. The van der Waals surface area contributed by atoms with E-state index in [4.69, 9.17) is 18.9 Å². The molecule has 0 aliphatic carbocycles. The van der Waals surface area contributed by atoms with Gasteiger partial charge in [-0.1, -0.05) is 339 Å². The third kappa shape index (κ3) is 47.1. The summed E-state index contributed by atoms with van der Waals surface area (Å²) in [5.74, 6) is -0.244. The number of allylic oxidation sites excluding steroid dienone is 7. The molecule has 0 aromatic heterocycles. The highest BCUT2D eigenvalue weighted by atomic mass is 16.7. The Morgan fingerprint density at radius 1 is 0.383 bits per heavy atom. The second kappa shape index (κ2) is 64.3. The number of rotatable bonds is 67. The van der Waals surface area contributed by atoms with Crippen LogP contribution in [-0.4, -0.2) is 140 Å². The number of aliphatic hydroxyl groups is 8. The van der Waals surface area contributed by atoms with Crippen LogP contribution in [0.4, 0.5) is 0 Å². The number of ether oxygens (including phenoxy) is 4. The van der Waals surface area contributed by atoms with E-state index in [-0.39, 0.29) is 18.9 Å². The SMILES string of the molecule is CCCCCCC/C=C\C/C=C\CCCCCCCCCCCCCCCCCC(=O)NC(COC1OC(CO)C(OC2OC(CO)C(O)C(O)C2O)C(O)C1O)C(O)/C=C/CC/C=C/CCCCCCCCCCCCCCCCCCCCCCCCCCCCC. The van der Waals surface area contributed by atoms with E-state index in [1.165, 1.54) is 289 Å². The molecule has 14 nitrogen and oxygen atoms in total. The molecule has 12 unspecified atom stereocenters. The topological polar surface area (TPSA) is 228 Å². The molecule has 12 atom stereocenters. The Balaban J connectivity index is 1.64. The lowest BCUT2D eigenvalue weighted by Gasteiger charge is -2.46. The van der Waals surface area contributed by atoms with E-state index in [2.05, 4.69) is 55.6 Å². The average molecular weight is 1330 g/mol. The summed E-state index contributed by atoms with van der Waals surface area (Å²) in [5.41, 5.74) is 0. The zero-order valence-corrected chi connectivity index (χ0v) is 60.5. The lowest BCUT2D eigenvalue weighted by Crippen LogP contribution is -2.65. The van der Waals surface area contributed by atoms with E-state index in [1.54, 1.807) is 6.08 Å². The Kier molecular flexibility index (Phi) is 60.3. The first-order valence-electron chi connectivity index (χ1n) is 39.9. The van der Waals surface area contributed by atoms with Crippen molar-refractivity contribution in [1.82, 2.24) is 5.32 Å². The first kappa shape index (κ1) is 88.0. The molecule has 0 radical (unpaired) electrons. The molecule has 2 heterocycles. The van der Waals surface area contributed by atoms with Crippen LogP contribution in [0.5, 0.6) is 0 Å². The van der Waals surface area contributed by atoms with Crippen LogP contribution in [0.2, 0.25) is 0 Å². The molecule has 2 rings (SSSR count). The lowest BCUT2D eigenvalue weighted by atomic mass is 9.97. The van der Waals surface area contributed by atoms with Crippen molar-refractivity contribution in [3.05, 3.63) is 48.6 Å². The summed E-state index contributed by atoms with van der Waals surface area (Å²) < 4.78 is 22.9. The summed E-state index contributed by atoms with van der Waals surface area (Å²) in [4.78, 5) is 13.4. The zero-order valence-electron chi connectivity index (χ0n) is 60.5. The monoisotopic (exact) mass is 1330 g/mol. The number of nitrogens with one attached hydrogen (secondary N) is 1. The van der Waals surface area contributed by atoms with Gasteiger partial charge in [-0.3, -0.25) is 4.79 Å². The van der Waals surface area contributed by atoms with Gasteiger partial charge < -0.3 is 65.1 Å². The molecule has 2 aliphatic rings. The predicted octanol–water partition coefficient (Wildman–Crippen LogP) is 17.8. The molecule has 1 amide bonds. The summed E-state index contributed by atoms with van der Waals surface area (Å²) in [6.45, 7) is 2.83. The molecule has 0 aromatic carbocycles. The van der Waals surface area contributed by atoms with Crippen LogP contribution in [0.3, 0.4) is 0 Å². The highest BCUT2D eigenvalue weighted by molar-refractivity contribution is 5.76. The fraction of sp³-hybridized carbons (Fsp3) is 0.887. The van der Waals surface area contributed by atoms with E-state index < -0.39 is 86.8 Å². The molecule has 2 fully saturated rings. The highest BCUT2D eigenvalue weighted by Crippen LogP contribution is 2.30. The van der Waals surface area contributed by atoms with Crippen molar-refractivity contribution in [3.63, 3.8) is 0 Å². The van der Waals surface area contributed by atoms with Gasteiger partial charge in [-0.05, 0) is 64.2 Å². The molecule has 0 bridgehead atoms. The van der Waals surface area contributed by atoms with Crippen LogP contribution in [0.15, 0.2) is 48.6 Å². The Morgan fingerprint density at radius 3 is 1.11 bits per heavy atom. The number of carbonyl (C=O) groups is 1. The van der Waals surface area contributed by atoms with Crippen LogP contribution in [0.1, 0.15) is 361 Å². The summed E-state index contributed by atoms with van der Waals surface area (Å²) >= 11 is 0. The van der Waals surface area contributed by atoms with Crippen LogP contribution in [0.25, 0.3) is 0 Å². The van der Waals surface area contributed by atoms with Gasteiger partial charge in [-0.2, -0.15) is 0 Å². The molecule has 14 heteroatoms. The predicted molar refractivity (Wildman–Crippen MR) is 388 cm³/mol. The second-order valence-corrected chi connectivity index (χ2v) is 28.2. The van der Waals surface area contributed by atoms with E-state index in [0.29, 0.717) is 12.8 Å². The maximum Gasteiger partial charge on any atom is 0.220 e. The van der Waals surface area contributed by atoms with Gasteiger partial charge in [0.25, 0.3) is 0 Å². The Labute approximate surface area is 575 Å². The minimum atomic E-state index is -1.79. The lowest BCUT2D eigenvalue weighted by molar-refractivity contribution is -0.359. The molecule has 2 saturated heterocycles. The number of hydrogen-bond donors (Lipinski definition) is 9. The summed E-state index contributed by atoms with van der Waals surface area (Å²) in [5, 5.41) is 87.6. The average Bonchev–Trinajstić information content (AvgIpc) is 0.794. The van der Waals surface area contributed by atoms with Gasteiger partial charge in [0, 0.05) is 6.42 Å². The van der Waals surface area contributed by atoms with Crippen molar-refractivity contribution in [3.8, 4) is 0 Å². The van der Waals surface area contributed by atoms with Crippen molar-refractivity contribution in [2.24, 2.45) is 0 Å². The van der Waals surface area contributed by atoms with Crippen LogP contribution >= 0.6 is 0 Å². The molecule has 94 heavy (non-hydrogen) atoms. The van der Waals surface area contributed by atoms with Gasteiger partial charge in [0.2, 0.25) is 5.91 Å². The molecule has 552 valence electrons. The van der Waals surface area contributed by atoms with Crippen molar-refractivity contribution >= 4 is 5.91 Å². The van der Waals surface area contributed by atoms with Gasteiger partial charge in [0.15, 0.2) is 12.6 Å². The molecule has 2 aliphatic heterocycles. The molecule has 0 aromatic rings. The van der Waals surface area contributed by atoms with E-state index in [1.807, 2.05) is 6.08 Å². The van der Waals surface area contributed by atoms with Gasteiger partial charge in [-0.15, -0.1) is 0 Å². The molecule has 0 saturated carbocycles. The number of carbonyl (C=O) groups excluding carboxylic acids is 1.